The Morgan fingerprint density at radius 2 is 2.16 bits per heavy atom. The smallest absolute Gasteiger partial charge is 0.0587 e. The van der Waals surface area contributed by atoms with Crippen LogP contribution in [-0.2, 0) is 11.3 Å². The lowest BCUT2D eigenvalue weighted by Gasteiger charge is -2.33. The van der Waals surface area contributed by atoms with Crippen molar-refractivity contribution in [2.24, 2.45) is 5.41 Å². The Labute approximate surface area is 115 Å². The van der Waals surface area contributed by atoms with E-state index in [0.717, 1.165) is 39.1 Å². The summed E-state index contributed by atoms with van der Waals surface area (Å²) in [4.78, 5) is 2.43. The van der Waals surface area contributed by atoms with Crippen LogP contribution >= 0.6 is 0 Å². The number of likely N-dealkylation sites (tertiary alicyclic amines) is 1. The summed E-state index contributed by atoms with van der Waals surface area (Å²) < 4.78 is 5.69. The molecule has 0 radical (unpaired) electrons. The molecule has 0 bridgehead atoms. The fraction of sp³-hybridized carbons (Fsp3) is 0.625. The molecule has 2 aliphatic heterocycles. The summed E-state index contributed by atoms with van der Waals surface area (Å²) in [6.07, 6.45) is 3.49. The maximum absolute atomic E-state index is 9.65. The molecule has 2 aliphatic rings. The van der Waals surface area contributed by atoms with Crippen molar-refractivity contribution < 1.29 is 9.84 Å². The molecule has 1 aromatic carbocycles. The normalized spacial score (nSPS) is 31.9. The molecule has 1 aromatic rings. The first-order valence-corrected chi connectivity index (χ1v) is 7.28. The predicted octanol–water partition coefficient (Wildman–Crippen LogP) is 2.05. The third-order valence-electron chi connectivity index (χ3n) is 4.57. The average Bonchev–Trinajstić information content (AvgIpc) is 2.78. The largest absolute Gasteiger partial charge is 0.395 e. The number of rotatable bonds is 3. The highest BCUT2D eigenvalue weighted by Gasteiger charge is 2.44. The highest BCUT2D eigenvalue weighted by Crippen LogP contribution is 2.41. The van der Waals surface area contributed by atoms with Gasteiger partial charge in [0.25, 0.3) is 0 Å². The van der Waals surface area contributed by atoms with E-state index in [1.54, 1.807) is 0 Å². The molecule has 0 unspecified atom stereocenters. The van der Waals surface area contributed by atoms with Crippen molar-refractivity contribution in [3.8, 4) is 0 Å². The molecule has 0 saturated carbocycles. The number of aliphatic hydroxyl groups excluding tert-OH is 1. The van der Waals surface area contributed by atoms with Crippen LogP contribution in [0, 0.1) is 5.41 Å². The molecular weight excluding hydrogens is 238 g/mol. The Morgan fingerprint density at radius 1 is 1.32 bits per heavy atom. The van der Waals surface area contributed by atoms with Crippen LogP contribution in [0.25, 0.3) is 0 Å². The number of hydrogen-bond acceptors (Lipinski definition) is 3. The van der Waals surface area contributed by atoms with Crippen molar-refractivity contribution in [3.63, 3.8) is 0 Å². The zero-order chi connectivity index (χ0) is 13.1. The summed E-state index contributed by atoms with van der Waals surface area (Å²) in [5.41, 5.74) is 1.62. The topological polar surface area (TPSA) is 32.7 Å². The zero-order valence-electron chi connectivity index (χ0n) is 11.4. The average molecular weight is 261 g/mol. The van der Waals surface area contributed by atoms with Gasteiger partial charge in [0.1, 0.15) is 0 Å². The Bertz CT molecular complexity index is 400. The fourth-order valence-corrected chi connectivity index (χ4v) is 3.63. The van der Waals surface area contributed by atoms with Gasteiger partial charge >= 0.3 is 0 Å². The van der Waals surface area contributed by atoms with Gasteiger partial charge in [-0.15, -0.1) is 0 Å². The number of benzene rings is 1. The van der Waals surface area contributed by atoms with Gasteiger partial charge in [-0.05, 0) is 24.8 Å². The van der Waals surface area contributed by atoms with Crippen LogP contribution in [0.1, 0.15) is 24.8 Å². The van der Waals surface area contributed by atoms with E-state index in [4.69, 9.17) is 4.74 Å². The molecule has 1 N–H and O–H groups in total. The highest BCUT2D eigenvalue weighted by atomic mass is 16.5. The van der Waals surface area contributed by atoms with Crippen molar-refractivity contribution in [1.82, 2.24) is 4.90 Å². The lowest BCUT2D eigenvalue weighted by atomic mass is 9.80. The molecule has 2 fully saturated rings. The van der Waals surface area contributed by atoms with Crippen molar-refractivity contribution in [2.75, 3.05) is 26.4 Å². The minimum Gasteiger partial charge on any atom is -0.395 e. The second kappa shape index (κ2) is 5.61. The van der Waals surface area contributed by atoms with Gasteiger partial charge in [0.05, 0.1) is 13.2 Å². The standard InChI is InChI=1S/C16H23NO2/c18-11-15-9-16(7-4-8-19-13-16)12-17(15)10-14-5-2-1-3-6-14/h1-3,5-6,15,18H,4,7-13H2/t15-,16-/m0/s1. The van der Waals surface area contributed by atoms with Crippen LogP contribution in [-0.4, -0.2) is 42.4 Å². The van der Waals surface area contributed by atoms with Gasteiger partial charge in [-0.25, -0.2) is 0 Å². The maximum Gasteiger partial charge on any atom is 0.0587 e. The van der Waals surface area contributed by atoms with E-state index in [2.05, 4.69) is 29.2 Å². The molecule has 2 saturated heterocycles. The van der Waals surface area contributed by atoms with Crippen LogP contribution in [0.15, 0.2) is 30.3 Å². The fourth-order valence-electron chi connectivity index (χ4n) is 3.63. The molecular formula is C16H23NO2. The van der Waals surface area contributed by atoms with Gasteiger partial charge < -0.3 is 9.84 Å². The van der Waals surface area contributed by atoms with Crippen LogP contribution in [0.4, 0.5) is 0 Å². The molecule has 104 valence electrons. The van der Waals surface area contributed by atoms with Crippen LogP contribution in [0.2, 0.25) is 0 Å². The molecule has 0 aliphatic carbocycles. The molecule has 3 heteroatoms. The van der Waals surface area contributed by atoms with E-state index < -0.39 is 0 Å². The number of nitrogens with zero attached hydrogens (tertiary/aromatic N) is 1. The highest BCUT2D eigenvalue weighted by molar-refractivity contribution is 5.15. The summed E-state index contributed by atoms with van der Waals surface area (Å²) in [5.74, 6) is 0. The quantitative estimate of drug-likeness (QED) is 0.904. The molecule has 19 heavy (non-hydrogen) atoms. The first kappa shape index (κ1) is 13.1. The molecule has 0 amide bonds. The lowest BCUT2D eigenvalue weighted by molar-refractivity contribution is -0.00268. The van der Waals surface area contributed by atoms with E-state index in [1.807, 2.05) is 6.07 Å². The lowest BCUT2D eigenvalue weighted by Crippen LogP contribution is -2.35. The summed E-state index contributed by atoms with van der Waals surface area (Å²) in [7, 11) is 0. The Balaban J connectivity index is 1.70. The van der Waals surface area contributed by atoms with Gasteiger partial charge in [-0.3, -0.25) is 4.90 Å². The van der Waals surface area contributed by atoms with E-state index >= 15 is 0 Å². The van der Waals surface area contributed by atoms with Gasteiger partial charge in [0, 0.05) is 31.2 Å². The molecule has 3 rings (SSSR count). The Hall–Kier alpha value is -0.900. The molecule has 3 nitrogen and oxygen atoms in total. The van der Waals surface area contributed by atoms with E-state index in [0.29, 0.717) is 11.5 Å². The van der Waals surface area contributed by atoms with E-state index in [-0.39, 0.29) is 6.61 Å². The van der Waals surface area contributed by atoms with Crippen LogP contribution in [0.3, 0.4) is 0 Å². The predicted molar refractivity (Wildman–Crippen MR) is 74.8 cm³/mol. The minimum atomic E-state index is 0.259. The SMILES string of the molecule is OC[C@@H]1C[C@@]2(CCCOC2)CN1Cc1ccccc1. The molecule has 1 spiro atoms. The minimum absolute atomic E-state index is 0.259. The van der Waals surface area contributed by atoms with Gasteiger partial charge in [-0.1, -0.05) is 30.3 Å². The number of aliphatic hydroxyl groups is 1. The molecule has 2 heterocycles. The zero-order valence-corrected chi connectivity index (χ0v) is 11.4. The van der Waals surface area contributed by atoms with Gasteiger partial charge in [0.15, 0.2) is 0 Å². The Kier molecular flexibility index (Phi) is 3.87. The van der Waals surface area contributed by atoms with Crippen molar-refractivity contribution in [3.05, 3.63) is 35.9 Å². The third kappa shape index (κ3) is 2.83. The summed E-state index contributed by atoms with van der Waals surface area (Å²) in [5, 5.41) is 9.65. The summed E-state index contributed by atoms with van der Waals surface area (Å²) >= 11 is 0. The van der Waals surface area contributed by atoms with Gasteiger partial charge in [-0.2, -0.15) is 0 Å². The van der Waals surface area contributed by atoms with E-state index in [1.165, 1.54) is 12.0 Å². The van der Waals surface area contributed by atoms with Crippen LogP contribution in [0.5, 0.6) is 0 Å². The molecule has 0 aromatic heterocycles. The van der Waals surface area contributed by atoms with Crippen molar-refractivity contribution in [1.29, 1.82) is 0 Å². The Morgan fingerprint density at radius 3 is 2.84 bits per heavy atom. The summed E-state index contributed by atoms with van der Waals surface area (Å²) in [6.45, 7) is 4.04. The first-order chi connectivity index (χ1) is 9.31. The number of ether oxygens (including phenoxy) is 1. The monoisotopic (exact) mass is 261 g/mol. The first-order valence-electron chi connectivity index (χ1n) is 7.28. The van der Waals surface area contributed by atoms with Crippen molar-refractivity contribution >= 4 is 0 Å². The maximum atomic E-state index is 9.65. The second-order valence-electron chi connectivity index (χ2n) is 6.09. The number of hydrogen-bond donors (Lipinski definition) is 1. The third-order valence-corrected chi connectivity index (χ3v) is 4.57. The summed E-state index contributed by atoms with van der Waals surface area (Å²) in [6, 6.07) is 10.8. The van der Waals surface area contributed by atoms with Gasteiger partial charge in [0.2, 0.25) is 0 Å². The van der Waals surface area contributed by atoms with E-state index in [9.17, 15) is 5.11 Å². The van der Waals surface area contributed by atoms with Crippen LogP contribution < -0.4 is 0 Å². The second-order valence-corrected chi connectivity index (χ2v) is 6.09. The van der Waals surface area contributed by atoms with Crippen molar-refractivity contribution in [2.45, 2.75) is 31.8 Å². The molecule has 2 atom stereocenters.